The Bertz CT molecular complexity index is 157. The molecule has 0 aliphatic rings. The predicted molar refractivity (Wildman–Crippen MR) is 44.1 cm³/mol. The summed E-state index contributed by atoms with van der Waals surface area (Å²) in [4.78, 5) is 20.6. The van der Waals surface area contributed by atoms with E-state index in [9.17, 15) is 9.59 Å². The fourth-order valence-electron chi connectivity index (χ4n) is 0.655. The number of aliphatic hydroxyl groups excluding tert-OH is 1. The van der Waals surface area contributed by atoms with Gasteiger partial charge in [-0.15, -0.1) is 0 Å². The summed E-state index contributed by atoms with van der Waals surface area (Å²) in [5.41, 5.74) is 0. The zero-order valence-electron chi connectivity index (χ0n) is 7.67. The minimum absolute atomic E-state index is 0.179. The minimum Gasteiger partial charge on any atom is -0.393 e. The van der Waals surface area contributed by atoms with Crippen LogP contribution < -0.4 is 0 Å². The standard InChI is InChI=1S/C8H14O5/c1-6(2)12-8(5-11)13-7(3-9)4-10/h3,5-8,10H,4H2,1-2H3/t7?,8-/m0/s1. The lowest BCUT2D eigenvalue weighted by molar-refractivity contribution is -0.187. The molecule has 0 fully saturated rings. The molecule has 76 valence electrons. The van der Waals surface area contributed by atoms with E-state index in [1.807, 2.05) is 0 Å². The number of ether oxygens (including phenoxy) is 2. The van der Waals surface area contributed by atoms with Crippen LogP contribution in [0.4, 0.5) is 0 Å². The van der Waals surface area contributed by atoms with E-state index in [1.165, 1.54) is 0 Å². The monoisotopic (exact) mass is 190 g/mol. The van der Waals surface area contributed by atoms with Gasteiger partial charge in [-0.25, -0.2) is 0 Å². The number of hydrogen-bond acceptors (Lipinski definition) is 5. The lowest BCUT2D eigenvalue weighted by atomic mass is 10.4. The molecule has 0 aliphatic heterocycles. The number of aldehydes is 2. The Balaban J connectivity index is 3.94. The van der Waals surface area contributed by atoms with E-state index in [1.54, 1.807) is 13.8 Å². The average molecular weight is 190 g/mol. The summed E-state index contributed by atoms with van der Waals surface area (Å²) in [6, 6.07) is 0. The number of hydrogen-bond donors (Lipinski definition) is 1. The van der Waals surface area contributed by atoms with E-state index in [0.717, 1.165) is 0 Å². The van der Waals surface area contributed by atoms with Crippen LogP contribution in [-0.4, -0.2) is 42.8 Å². The smallest absolute Gasteiger partial charge is 0.215 e. The quantitative estimate of drug-likeness (QED) is 0.433. The molecule has 0 spiro atoms. The Morgan fingerprint density at radius 1 is 1.23 bits per heavy atom. The van der Waals surface area contributed by atoms with Gasteiger partial charge in [-0.3, -0.25) is 4.79 Å². The van der Waals surface area contributed by atoms with Gasteiger partial charge in [0.2, 0.25) is 6.29 Å². The van der Waals surface area contributed by atoms with Crippen LogP contribution in [-0.2, 0) is 19.1 Å². The van der Waals surface area contributed by atoms with Crippen LogP contribution in [0, 0.1) is 0 Å². The van der Waals surface area contributed by atoms with E-state index >= 15 is 0 Å². The molecule has 5 nitrogen and oxygen atoms in total. The van der Waals surface area contributed by atoms with Crippen LogP contribution in [0.2, 0.25) is 0 Å². The summed E-state index contributed by atoms with van der Waals surface area (Å²) in [7, 11) is 0. The lowest BCUT2D eigenvalue weighted by Gasteiger charge is -2.17. The van der Waals surface area contributed by atoms with Crippen molar-refractivity contribution in [2.24, 2.45) is 0 Å². The Morgan fingerprint density at radius 2 is 1.85 bits per heavy atom. The molecule has 2 atom stereocenters. The topological polar surface area (TPSA) is 72.8 Å². The maximum atomic E-state index is 10.4. The normalized spacial score (nSPS) is 15.4. The molecule has 0 aromatic carbocycles. The zero-order chi connectivity index (χ0) is 10.3. The maximum Gasteiger partial charge on any atom is 0.215 e. The molecule has 13 heavy (non-hydrogen) atoms. The second-order valence-corrected chi connectivity index (χ2v) is 2.68. The second-order valence-electron chi connectivity index (χ2n) is 2.68. The molecule has 0 aliphatic carbocycles. The Kier molecular flexibility index (Phi) is 6.30. The van der Waals surface area contributed by atoms with E-state index in [2.05, 4.69) is 0 Å². The van der Waals surface area contributed by atoms with Crippen molar-refractivity contribution in [3.05, 3.63) is 0 Å². The predicted octanol–water partition coefficient (Wildman–Crippen LogP) is -0.487. The van der Waals surface area contributed by atoms with Crippen LogP contribution in [0.15, 0.2) is 0 Å². The van der Waals surface area contributed by atoms with Gasteiger partial charge >= 0.3 is 0 Å². The van der Waals surface area contributed by atoms with Crippen molar-refractivity contribution in [1.82, 2.24) is 0 Å². The van der Waals surface area contributed by atoms with E-state index in [4.69, 9.17) is 14.6 Å². The molecule has 0 saturated heterocycles. The van der Waals surface area contributed by atoms with Crippen LogP contribution >= 0.6 is 0 Å². The number of carbonyl (C=O) groups excluding carboxylic acids is 2. The third kappa shape index (κ3) is 5.46. The van der Waals surface area contributed by atoms with Crippen LogP contribution in [0.5, 0.6) is 0 Å². The van der Waals surface area contributed by atoms with Crippen LogP contribution in [0.3, 0.4) is 0 Å². The van der Waals surface area contributed by atoms with E-state index < -0.39 is 19.0 Å². The van der Waals surface area contributed by atoms with Crippen LogP contribution in [0.25, 0.3) is 0 Å². The molecule has 0 saturated carbocycles. The summed E-state index contributed by atoms with van der Waals surface area (Å²) in [6.07, 6.45) is -1.43. The molecule has 5 heteroatoms. The molecule has 0 bridgehead atoms. The lowest BCUT2D eigenvalue weighted by Crippen LogP contribution is -2.31. The highest BCUT2D eigenvalue weighted by Crippen LogP contribution is 2.00. The molecule has 0 heterocycles. The van der Waals surface area contributed by atoms with Gasteiger partial charge in [0, 0.05) is 0 Å². The maximum absolute atomic E-state index is 10.4. The Labute approximate surface area is 76.6 Å². The fourth-order valence-corrected chi connectivity index (χ4v) is 0.655. The summed E-state index contributed by atoms with van der Waals surface area (Å²) in [5, 5.41) is 8.58. The first kappa shape index (κ1) is 12.2. The summed E-state index contributed by atoms with van der Waals surface area (Å²) >= 11 is 0. The van der Waals surface area contributed by atoms with Gasteiger partial charge in [0.15, 0.2) is 12.6 Å². The van der Waals surface area contributed by atoms with Crippen molar-refractivity contribution >= 4 is 12.6 Å². The molecular formula is C8H14O5. The van der Waals surface area contributed by atoms with E-state index in [-0.39, 0.29) is 6.10 Å². The molecule has 0 radical (unpaired) electrons. The summed E-state index contributed by atoms with van der Waals surface area (Å²) in [6.45, 7) is 3.00. The molecule has 0 aromatic heterocycles. The minimum atomic E-state index is -1.10. The second kappa shape index (κ2) is 6.71. The average Bonchev–Trinajstić information content (AvgIpc) is 2.11. The molecule has 0 aromatic rings. The van der Waals surface area contributed by atoms with E-state index in [0.29, 0.717) is 12.6 Å². The third-order valence-corrected chi connectivity index (χ3v) is 1.16. The number of rotatable bonds is 7. The van der Waals surface area contributed by atoms with Crippen molar-refractivity contribution < 1.29 is 24.2 Å². The highest BCUT2D eigenvalue weighted by molar-refractivity contribution is 5.58. The van der Waals surface area contributed by atoms with Crippen LogP contribution in [0.1, 0.15) is 13.8 Å². The highest BCUT2D eigenvalue weighted by atomic mass is 16.7. The SMILES string of the molecule is CC(C)O[C@H](C=O)OC(C=O)CO. The summed E-state index contributed by atoms with van der Waals surface area (Å²) < 4.78 is 9.77. The Hall–Kier alpha value is -0.780. The van der Waals surface area contributed by atoms with Gasteiger partial charge in [-0.2, -0.15) is 0 Å². The largest absolute Gasteiger partial charge is 0.393 e. The van der Waals surface area contributed by atoms with Gasteiger partial charge < -0.3 is 19.4 Å². The van der Waals surface area contributed by atoms with Gasteiger partial charge in [0.25, 0.3) is 0 Å². The number of aliphatic hydroxyl groups is 1. The molecule has 1 unspecified atom stereocenters. The first-order valence-corrected chi connectivity index (χ1v) is 3.96. The van der Waals surface area contributed by atoms with Crippen molar-refractivity contribution in [3.8, 4) is 0 Å². The van der Waals surface area contributed by atoms with Crippen molar-refractivity contribution in [1.29, 1.82) is 0 Å². The molecular weight excluding hydrogens is 176 g/mol. The molecule has 1 N–H and O–H groups in total. The number of carbonyl (C=O) groups is 2. The molecule has 0 amide bonds. The zero-order valence-corrected chi connectivity index (χ0v) is 7.67. The van der Waals surface area contributed by atoms with Crippen molar-refractivity contribution in [2.45, 2.75) is 32.3 Å². The first-order chi connectivity index (χ1) is 6.13. The summed E-state index contributed by atoms with van der Waals surface area (Å²) in [5.74, 6) is 0. The highest BCUT2D eigenvalue weighted by Gasteiger charge is 2.16. The first-order valence-electron chi connectivity index (χ1n) is 3.96. The van der Waals surface area contributed by atoms with Gasteiger partial charge in [0.05, 0.1) is 12.7 Å². The van der Waals surface area contributed by atoms with Gasteiger partial charge in [-0.05, 0) is 13.8 Å². The van der Waals surface area contributed by atoms with Gasteiger partial charge in [-0.1, -0.05) is 0 Å². The van der Waals surface area contributed by atoms with Gasteiger partial charge in [0.1, 0.15) is 6.10 Å². The van der Waals surface area contributed by atoms with Crippen molar-refractivity contribution in [2.75, 3.05) is 6.61 Å². The van der Waals surface area contributed by atoms with Crippen molar-refractivity contribution in [3.63, 3.8) is 0 Å². The molecule has 0 rings (SSSR count). The third-order valence-electron chi connectivity index (χ3n) is 1.16. The Morgan fingerprint density at radius 3 is 2.15 bits per heavy atom. The fraction of sp³-hybridized carbons (Fsp3) is 0.750.